The van der Waals surface area contributed by atoms with E-state index in [-0.39, 0.29) is 6.61 Å². The number of esters is 3. The minimum absolute atomic E-state index is 0.263. The summed E-state index contributed by atoms with van der Waals surface area (Å²) in [6.07, 6.45) is 1.39. The molecule has 0 bridgehead atoms. The van der Waals surface area contributed by atoms with Crippen LogP contribution in [0.15, 0.2) is 16.3 Å². The predicted molar refractivity (Wildman–Crippen MR) is 139 cm³/mol. The van der Waals surface area contributed by atoms with Crippen LogP contribution >= 0.6 is 11.8 Å². The first-order chi connectivity index (χ1) is 17.3. The second-order valence-corrected chi connectivity index (χ2v) is 9.17. The van der Waals surface area contributed by atoms with Crippen LogP contribution in [-0.4, -0.2) is 89.0 Å². The van der Waals surface area contributed by atoms with Gasteiger partial charge in [-0.3, -0.25) is 14.4 Å². The molecule has 0 aliphatic rings. The highest BCUT2D eigenvalue weighted by Crippen LogP contribution is 2.34. The molecule has 2 unspecified atom stereocenters. The van der Waals surface area contributed by atoms with Crippen molar-refractivity contribution in [3.63, 3.8) is 0 Å². The molecule has 14 heteroatoms. The molecule has 204 valence electrons. The van der Waals surface area contributed by atoms with Crippen molar-refractivity contribution in [2.75, 3.05) is 32.7 Å². The number of hydrogen-bond acceptors (Lipinski definition) is 12. The molecule has 37 heavy (non-hydrogen) atoms. The standard InChI is InChI=1S/C23H34N6O7S/c1-12(34-15(4)31)20(36-16(5)32)18(10-33-14(3)30)35-13(2)29-9-17(24)19-21(25-11-28(6)7)26-23(37-8)27-22(19)29/h9,11-13,18,20H,10,24H2,1-8H3/b25-11+/t12?,13?,18-,20+/m1/s1. The molecule has 0 saturated carbocycles. The number of ether oxygens (including phenoxy) is 4. The smallest absolute Gasteiger partial charge is 0.303 e. The molecule has 0 fully saturated rings. The van der Waals surface area contributed by atoms with Gasteiger partial charge in [-0.2, -0.15) is 0 Å². The van der Waals surface area contributed by atoms with Crippen LogP contribution in [0.25, 0.3) is 11.0 Å². The number of carbonyl (C=O) groups is 3. The van der Waals surface area contributed by atoms with E-state index in [4.69, 9.17) is 24.7 Å². The van der Waals surface area contributed by atoms with Crippen LogP contribution in [0.2, 0.25) is 0 Å². The molecule has 0 saturated heterocycles. The lowest BCUT2D eigenvalue weighted by atomic mass is 10.1. The van der Waals surface area contributed by atoms with Gasteiger partial charge in [0.2, 0.25) is 0 Å². The number of carbonyl (C=O) groups excluding carboxylic acids is 3. The van der Waals surface area contributed by atoms with Crippen molar-refractivity contribution in [1.82, 2.24) is 19.4 Å². The van der Waals surface area contributed by atoms with Gasteiger partial charge in [0.1, 0.15) is 25.0 Å². The van der Waals surface area contributed by atoms with Gasteiger partial charge in [0, 0.05) is 41.1 Å². The number of hydrogen-bond donors (Lipinski definition) is 1. The van der Waals surface area contributed by atoms with Gasteiger partial charge >= 0.3 is 17.9 Å². The Kier molecular flexibility index (Phi) is 10.7. The molecule has 0 radical (unpaired) electrons. The fourth-order valence-electron chi connectivity index (χ4n) is 3.49. The third-order valence-electron chi connectivity index (χ3n) is 4.95. The largest absolute Gasteiger partial charge is 0.463 e. The number of aliphatic imine (C=N–C) groups is 1. The highest BCUT2D eigenvalue weighted by atomic mass is 32.2. The van der Waals surface area contributed by atoms with Crippen molar-refractivity contribution < 1.29 is 33.3 Å². The molecule has 0 aromatic carbocycles. The number of fused-ring (bicyclic) bond motifs is 1. The molecule has 2 N–H and O–H groups in total. The summed E-state index contributed by atoms with van der Waals surface area (Å²) in [6, 6.07) is 0. The first-order valence-electron chi connectivity index (χ1n) is 11.4. The van der Waals surface area contributed by atoms with Gasteiger partial charge in [0.05, 0.1) is 17.4 Å². The summed E-state index contributed by atoms with van der Waals surface area (Å²) in [5, 5.41) is 1.01. The summed E-state index contributed by atoms with van der Waals surface area (Å²) in [7, 11) is 3.67. The number of anilines is 1. The van der Waals surface area contributed by atoms with E-state index in [9.17, 15) is 14.4 Å². The Morgan fingerprint density at radius 3 is 2.32 bits per heavy atom. The van der Waals surface area contributed by atoms with E-state index in [0.29, 0.717) is 27.7 Å². The molecule has 13 nitrogen and oxygen atoms in total. The van der Waals surface area contributed by atoms with Crippen LogP contribution < -0.4 is 5.73 Å². The average molecular weight is 539 g/mol. The van der Waals surface area contributed by atoms with Crippen molar-refractivity contribution in [3.8, 4) is 0 Å². The number of aromatic nitrogens is 3. The van der Waals surface area contributed by atoms with Gasteiger partial charge < -0.3 is 34.1 Å². The van der Waals surface area contributed by atoms with Crippen molar-refractivity contribution in [2.24, 2.45) is 4.99 Å². The summed E-state index contributed by atoms with van der Waals surface area (Å²) < 4.78 is 23.8. The Morgan fingerprint density at radius 1 is 1.14 bits per heavy atom. The van der Waals surface area contributed by atoms with E-state index >= 15 is 0 Å². The van der Waals surface area contributed by atoms with Crippen LogP contribution in [0.5, 0.6) is 0 Å². The summed E-state index contributed by atoms with van der Waals surface area (Å²) in [6.45, 7) is 6.72. The third kappa shape index (κ3) is 8.32. The Balaban J connectivity index is 2.53. The monoisotopic (exact) mass is 538 g/mol. The summed E-state index contributed by atoms with van der Waals surface area (Å²) in [5.41, 5.74) is 7.18. The third-order valence-corrected chi connectivity index (χ3v) is 5.50. The lowest BCUT2D eigenvalue weighted by Gasteiger charge is -2.32. The van der Waals surface area contributed by atoms with E-state index in [1.54, 1.807) is 35.8 Å². The maximum absolute atomic E-state index is 11.9. The zero-order valence-corrected chi connectivity index (χ0v) is 23.1. The highest BCUT2D eigenvalue weighted by Gasteiger charge is 2.35. The van der Waals surface area contributed by atoms with Gasteiger partial charge in [-0.1, -0.05) is 11.8 Å². The minimum Gasteiger partial charge on any atom is -0.463 e. The maximum Gasteiger partial charge on any atom is 0.303 e. The van der Waals surface area contributed by atoms with Gasteiger partial charge in [0.25, 0.3) is 0 Å². The summed E-state index contributed by atoms with van der Waals surface area (Å²) >= 11 is 1.34. The molecule has 4 atom stereocenters. The number of nitrogens with zero attached hydrogens (tertiary/aromatic N) is 5. The van der Waals surface area contributed by atoms with Crippen LogP contribution in [0.1, 0.15) is 40.8 Å². The van der Waals surface area contributed by atoms with E-state index in [1.165, 1.54) is 32.5 Å². The van der Waals surface area contributed by atoms with Gasteiger partial charge in [-0.15, -0.1) is 0 Å². The molecular weight excluding hydrogens is 504 g/mol. The molecule has 2 aromatic heterocycles. The normalized spacial score (nSPS) is 14.7. The first kappa shape index (κ1) is 29.8. The van der Waals surface area contributed by atoms with Gasteiger partial charge in [-0.05, 0) is 20.1 Å². The molecule has 2 rings (SSSR count). The fourth-order valence-corrected chi connectivity index (χ4v) is 3.85. The lowest BCUT2D eigenvalue weighted by molar-refractivity contribution is -0.192. The zero-order chi connectivity index (χ0) is 27.9. The van der Waals surface area contributed by atoms with E-state index in [0.717, 1.165) is 0 Å². The zero-order valence-electron chi connectivity index (χ0n) is 22.3. The molecule has 0 spiro atoms. The fraction of sp³-hybridized carbons (Fsp3) is 0.565. The van der Waals surface area contributed by atoms with Crippen molar-refractivity contribution in [2.45, 2.75) is 64.3 Å². The molecule has 0 aliphatic heterocycles. The van der Waals surface area contributed by atoms with Gasteiger partial charge in [-0.25, -0.2) is 15.0 Å². The lowest BCUT2D eigenvalue weighted by Crippen LogP contribution is -2.46. The summed E-state index contributed by atoms with van der Waals surface area (Å²) in [5.74, 6) is -1.35. The SMILES string of the molecule is CSc1nc(/N=C/N(C)C)c2c(N)cn(C(C)O[C@H](COC(C)=O)[C@@H](OC(C)=O)C(C)OC(C)=O)c2n1. The number of thioether (sulfide) groups is 1. The van der Waals surface area contributed by atoms with Crippen molar-refractivity contribution >= 4 is 58.5 Å². The van der Waals surface area contributed by atoms with Crippen molar-refractivity contribution in [3.05, 3.63) is 6.20 Å². The van der Waals surface area contributed by atoms with Gasteiger partial charge in [0.15, 0.2) is 22.7 Å². The second-order valence-electron chi connectivity index (χ2n) is 8.40. The highest BCUT2D eigenvalue weighted by molar-refractivity contribution is 7.98. The topological polar surface area (TPSA) is 160 Å². The van der Waals surface area contributed by atoms with E-state index < -0.39 is 42.4 Å². The molecule has 2 aromatic rings. The second kappa shape index (κ2) is 13.2. The number of nitrogens with two attached hydrogens (primary N) is 1. The van der Waals surface area contributed by atoms with E-state index in [1.807, 2.05) is 20.4 Å². The molecule has 0 amide bonds. The van der Waals surface area contributed by atoms with Crippen LogP contribution in [-0.2, 0) is 33.3 Å². The summed E-state index contributed by atoms with van der Waals surface area (Å²) in [4.78, 5) is 50.3. The Bertz CT molecular complexity index is 1150. The average Bonchev–Trinajstić information content (AvgIpc) is 3.14. The molecule has 0 aliphatic carbocycles. The molecular formula is C23H34N6O7S. The van der Waals surface area contributed by atoms with Crippen LogP contribution in [0.3, 0.4) is 0 Å². The predicted octanol–water partition coefficient (Wildman–Crippen LogP) is 2.31. The van der Waals surface area contributed by atoms with E-state index in [2.05, 4.69) is 15.0 Å². The van der Waals surface area contributed by atoms with Crippen LogP contribution in [0.4, 0.5) is 11.5 Å². The van der Waals surface area contributed by atoms with Crippen molar-refractivity contribution in [1.29, 1.82) is 0 Å². The Labute approximate surface area is 219 Å². The number of rotatable bonds is 12. The molecule has 2 heterocycles. The number of nitrogen functional groups attached to an aromatic ring is 1. The van der Waals surface area contributed by atoms with Crippen LogP contribution in [0, 0.1) is 0 Å². The maximum atomic E-state index is 11.9. The minimum atomic E-state index is -1.07. The first-order valence-corrected chi connectivity index (χ1v) is 12.6. The quantitative estimate of drug-likeness (QED) is 0.105. The Morgan fingerprint density at radius 2 is 1.78 bits per heavy atom. The Hall–Kier alpha value is -3.39.